The van der Waals surface area contributed by atoms with E-state index in [1.165, 1.54) is 6.21 Å². The first kappa shape index (κ1) is 21.6. The molecule has 0 saturated heterocycles. The first-order valence-corrected chi connectivity index (χ1v) is 9.82. The largest absolute Gasteiger partial charge is 0.493 e. The summed E-state index contributed by atoms with van der Waals surface area (Å²) in [4.78, 5) is 24.9. The summed E-state index contributed by atoms with van der Waals surface area (Å²) in [6.45, 7) is 6.14. The number of hydrazone groups is 1. The lowest BCUT2D eigenvalue weighted by Crippen LogP contribution is -2.48. The highest BCUT2D eigenvalue weighted by molar-refractivity contribution is 9.10. The van der Waals surface area contributed by atoms with E-state index in [1.54, 1.807) is 24.3 Å². The monoisotopic (exact) mass is 445 g/mol. The molecule has 2 aromatic rings. The molecule has 7 heteroatoms. The van der Waals surface area contributed by atoms with Gasteiger partial charge in [-0.05, 0) is 43.2 Å². The Bertz CT molecular complexity index is 838. The summed E-state index contributed by atoms with van der Waals surface area (Å²) in [6, 6.07) is 13.6. The van der Waals surface area contributed by atoms with Crippen molar-refractivity contribution in [2.24, 2.45) is 11.0 Å². The van der Waals surface area contributed by atoms with Crippen molar-refractivity contribution in [3.05, 3.63) is 64.1 Å². The van der Waals surface area contributed by atoms with E-state index in [1.807, 2.05) is 45.0 Å². The average molecular weight is 446 g/mol. The van der Waals surface area contributed by atoms with Crippen LogP contribution in [0.15, 0.2) is 58.1 Å². The minimum Gasteiger partial charge on any atom is -0.493 e. The molecule has 0 saturated carbocycles. The zero-order chi connectivity index (χ0) is 20.5. The highest BCUT2D eigenvalue weighted by atomic mass is 79.9. The Labute approximate surface area is 173 Å². The molecule has 0 fully saturated rings. The van der Waals surface area contributed by atoms with Gasteiger partial charge in [-0.1, -0.05) is 48.0 Å². The Morgan fingerprint density at radius 3 is 2.54 bits per heavy atom. The third-order valence-corrected chi connectivity index (χ3v) is 4.42. The number of halogens is 1. The first-order chi connectivity index (χ1) is 13.4. The number of ether oxygens (including phenoxy) is 1. The van der Waals surface area contributed by atoms with Crippen LogP contribution in [0.1, 0.15) is 36.7 Å². The van der Waals surface area contributed by atoms with E-state index in [4.69, 9.17) is 4.74 Å². The van der Waals surface area contributed by atoms with Crippen LogP contribution < -0.4 is 15.5 Å². The normalized spacial score (nSPS) is 12.0. The third-order valence-electron chi connectivity index (χ3n) is 3.92. The van der Waals surface area contributed by atoms with Gasteiger partial charge < -0.3 is 10.1 Å². The standard InChI is InChI=1S/C21H24BrN3O3/c1-4-28-18-11-10-17(22)12-16(18)13-23-25-21(27)19(14(2)3)24-20(26)15-8-6-5-7-9-15/h5-14,19H,4H2,1-3H3,(H,24,26)(H,25,27). The van der Waals surface area contributed by atoms with E-state index in [9.17, 15) is 9.59 Å². The Kier molecular flexibility index (Phi) is 8.19. The quantitative estimate of drug-likeness (QED) is 0.479. The fourth-order valence-electron chi connectivity index (χ4n) is 2.49. The fraction of sp³-hybridized carbons (Fsp3) is 0.286. The number of nitrogens with one attached hydrogen (secondary N) is 2. The average Bonchev–Trinajstić information content (AvgIpc) is 2.68. The van der Waals surface area contributed by atoms with Gasteiger partial charge in [-0.15, -0.1) is 0 Å². The van der Waals surface area contributed by atoms with Crippen LogP contribution in [-0.2, 0) is 4.79 Å². The van der Waals surface area contributed by atoms with Crippen molar-refractivity contribution in [3.8, 4) is 5.75 Å². The molecule has 0 aliphatic rings. The first-order valence-electron chi connectivity index (χ1n) is 9.03. The molecule has 0 aromatic heterocycles. The van der Waals surface area contributed by atoms with Gasteiger partial charge in [0.2, 0.25) is 0 Å². The molecule has 0 aliphatic heterocycles. The molecule has 2 rings (SSSR count). The molecule has 148 valence electrons. The SMILES string of the molecule is CCOc1ccc(Br)cc1C=NNC(=O)C(NC(=O)c1ccccc1)C(C)C. The predicted octanol–water partition coefficient (Wildman–Crippen LogP) is 3.75. The van der Waals surface area contributed by atoms with Gasteiger partial charge in [0.25, 0.3) is 11.8 Å². The number of nitrogens with zero attached hydrogens (tertiary/aromatic N) is 1. The zero-order valence-corrected chi connectivity index (χ0v) is 17.7. The number of carbonyl (C=O) groups excluding carboxylic acids is 2. The second kappa shape index (κ2) is 10.6. The van der Waals surface area contributed by atoms with Crippen LogP contribution in [0.5, 0.6) is 5.75 Å². The molecule has 0 aliphatic carbocycles. The second-order valence-corrected chi connectivity index (χ2v) is 7.33. The van der Waals surface area contributed by atoms with E-state index in [0.717, 1.165) is 10.0 Å². The molecule has 2 amide bonds. The summed E-state index contributed by atoms with van der Waals surface area (Å²) >= 11 is 3.41. The van der Waals surface area contributed by atoms with Crippen LogP contribution >= 0.6 is 15.9 Å². The molecular formula is C21H24BrN3O3. The zero-order valence-electron chi connectivity index (χ0n) is 16.1. The van der Waals surface area contributed by atoms with E-state index in [0.29, 0.717) is 17.9 Å². The molecule has 1 atom stereocenters. The van der Waals surface area contributed by atoms with Crippen LogP contribution in [0.3, 0.4) is 0 Å². The number of hydrogen-bond donors (Lipinski definition) is 2. The van der Waals surface area contributed by atoms with Crippen molar-refractivity contribution in [2.75, 3.05) is 6.61 Å². The Morgan fingerprint density at radius 1 is 1.18 bits per heavy atom. The molecule has 2 N–H and O–H groups in total. The Balaban J connectivity index is 2.06. The van der Waals surface area contributed by atoms with Gasteiger partial charge in [0.15, 0.2) is 0 Å². The van der Waals surface area contributed by atoms with Crippen LogP contribution in [0.25, 0.3) is 0 Å². The lowest BCUT2D eigenvalue weighted by molar-refractivity contribution is -0.123. The highest BCUT2D eigenvalue weighted by Gasteiger charge is 2.24. The molecule has 2 aromatic carbocycles. The van der Waals surface area contributed by atoms with Gasteiger partial charge in [0.05, 0.1) is 12.8 Å². The lowest BCUT2D eigenvalue weighted by Gasteiger charge is -2.20. The summed E-state index contributed by atoms with van der Waals surface area (Å²) in [5.74, 6) is -0.123. The van der Waals surface area contributed by atoms with Gasteiger partial charge in [-0.2, -0.15) is 5.10 Å². The second-order valence-electron chi connectivity index (χ2n) is 6.41. The topological polar surface area (TPSA) is 79.8 Å². The minimum absolute atomic E-state index is 0.104. The fourth-order valence-corrected chi connectivity index (χ4v) is 2.87. The van der Waals surface area contributed by atoms with Crippen LogP contribution in [0.2, 0.25) is 0 Å². The Hall–Kier alpha value is -2.67. The van der Waals surface area contributed by atoms with Gasteiger partial charge in [0.1, 0.15) is 11.8 Å². The lowest BCUT2D eigenvalue weighted by atomic mass is 10.0. The van der Waals surface area contributed by atoms with Crippen molar-refractivity contribution in [1.29, 1.82) is 0 Å². The van der Waals surface area contributed by atoms with Crippen molar-refractivity contribution in [2.45, 2.75) is 26.8 Å². The molecule has 6 nitrogen and oxygen atoms in total. The van der Waals surface area contributed by atoms with Crippen molar-refractivity contribution in [1.82, 2.24) is 10.7 Å². The minimum atomic E-state index is -0.710. The summed E-state index contributed by atoms with van der Waals surface area (Å²) in [6.07, 6.45) is 1.52. The maximum Gasteiger partial charge on any atom is 0.262 e. The van der Waals surface area contributed by atoms with Crippen molar-refractivity contribution in [3.63, 3.8) is 0 Å². The molecule has 1 unspecified atom stereocenters. The maximum absolute atomic E-state index is 12.5. The number of amides is 2. The molecular weight excluding hydrogens is 422 g/mol. The number of hydrogen-bond acceptors (Lipinski definition) is 4. The molecule has 28 heavy (non-hydrogen) atoms. The van der Waals surface area contributed by atoms with E-state index < -0.39 is 6.04 Å². The summed E-state index contributed by atoms with van der Waals surface area (Å²) in [7, 11) is 0. The molecule has 0 heterocycles. The van der Waals surface area contributed by atoms with Gasteiger partial charge in [-0.3, -0.25) is 9.59 Å². The van der Waals surface area contributed by atoms with Gasteiger partial charge in [-0.25, -0.2) is 5.43 Å². The molecule has 0 radical (unpaired) electrons. The smallest absolute Gasteiger partial charge is 0.262 e. The number of benzene rings is 2. The van der Waals surface area contributed by atoms with Crippen LogP contribution in [0.4, 0.5) is 0 Å². The Morgan fingerprint density at radius 2 is 1.89 bits per heavy atom. The molecule has 0 spiro atoms. The summed E-state index contributed by atoms with van der Waals surface area (Å²) in [5.41, 5.74) is 3.73. The maximum atomic E-state index is 12.5. The van der Waals surface area contributed by atoms with E-state index >= 15 is 0 Å². The van der Waals surface area contributed by atoms with Gasteiger partial charge >= 0.3 is 0 Å². The predicted molar refractivity (Wildman–Crippen MR) is 114 cm³/mol. The molecule has 0 bridgehead atoms. The van der Waals surface area contributed by atoms with E-state index in [-0.39, 0.29) is 17.7 Å². The van der Waals surface area contributed by atoms with Crippen LogP contribution in [0, 0.1) is 5.92 Å². The van der Waals surface area contributed by atoms with E-state index in [2.05, 4.69) is 31.8 Å². The number of carbonyl (C=O) groups is 2. The highest BCUT2D eigenvalue weighted by Crippen LogP contribution is 2.21. The van der Waals surface area contributed by atoms with Crippen LogP contribution in [-0.4, -0.2) is 30.7 Å². The number of rotatable bonds is 8. The summed E-state index contributed by atoms with van der Waals surface area (Å²) in [5, 5.41) is 6.80. The van der Waals surface area contributed by atoms with Crippen molar-refractivity contribution >= 4 is 34.0 Å². The van der Waals surface area contributed by atoms with Crippen molar-refractivity contribution < 1.29 is 14.3 Å². The van der Waals surface area contributed by atoms with Gasteiger partial charge in [0, 0.05) is 15.6 Å². The summed E-state index contributed by atoms with van der Waals surface area (Å²) < 4.78 is 6.43. The third kappa shape index (κ3) is 6.20.